The highest BCUT2D eigenvalue weighted by atomic mass is 16.5. The van der Waals surface area contributed by atoms with Gasteiger partial charge in [0.1, 0.15) is 5.75 Å². The third-order valence-corrected chi connectivity index (χ3v) is 7.26. The summed E-state index contributed by atoms with van der Waals surface area (Å²) in [6, 6.07) is 11.7. The number of hydrogen-bond donors (Lipinski definition) is 2. The molecule has 0 radical (unpaired) electrons. The van der Waals surface area contributed by atoms with Crippen molar-refractivity contribution < 1.29 is 14.3 Å². The van der Waals surface area contributed by atoms with Crippen molar-refractivity contribution in [3.63, 3.8) is 0 Å². The predicted molar refractivity (Wildman–Crippen MR) is 148 cm³/mol. The molecule has 0 spiro atoms. The van der Waals surface area contributed by atoms with Crippen LogP contribution in [0.5, 0.6) is 5.75 Å². The number of rotatable bonds is 8. The Hall–Kier alpha value is -3.76. The predicted octanol–water partition coefficient (Wildman–Crippen LogP) is 2.53. The van der Waals surface area contributed by atoms with E-state index in [9.17, 15) is 9.59 Å². The molecule has 0 aliphatic carbocycles. The number of benzene rings is 2. The number of aromatic nitrogens is 2. The first kappa shape index (κ1) is 25.9. The molecular formula is C28H35N7O3. The maximum Gasteiger partial charge on any atom is 0.238 e. The van der Waals surface area contributed by atoms with Gasteiger partial charge in [-0.2, -0.15) is 0 Å². The molecule has 1 aromatic heterocycles. The van der Waals surface area contributed by atoms with Crippen molar-refractivity contribution in [1.29, 1.82) is 0 Å². The van der Waals surface area contributed by atoms with Crippen LogP contribution in [-0.4, -0.2) is 103 Å². The van der Waals surface area contributed by atoms with Crippen molar-refractivity contribution in [3.05, 3.63) is 42.6 Å². The lowest BCUT2D eigenvalue weighted by Gasteiger charge is -2.34. The highest BCUT2D eigenvalue weighted by molar-refractivity contribution is 6.05. The fourth-order valence-corrected chi connectivity index (χ4v) is 5.11. The summed E-state index contributed by atoms with van der Waals surface area (Å²) in [5.74, 6) is 1.40. The van der Waals surface area contributed by atoms with Gasteiger partial charge in [-0.05, 0) is 48.6 Å². The van der Waals surface area contributed by atoms with Gasteiger partial charge in [-0.15, -0.1) is 0 Å². The van der Waals surface area contributed by atoms with Crippen LogP contribution in [0.2, 0.25) is 0 Å². The molecule has 2 fully saturated rings. The zero-order chi connectivity index (χ0) is 26.5. The van der Waals surface area contributed by atoms with Crippen molar-refractivity contribution in [2.75, 3.05) is 77.1 Å². The Balaban J connectivity index is 1.27. The summed E-state index contributed by atoms with van der Waals surface area (Å²) in [6.45, 7) is 5.60. The van der Waals surface area contributed by atoms with Gasteiger partial charge in [0, 0.05) is 69.2 Å². The largest absolute Gasteiger partial charge is 0.497 e. The molecule has 38 heavy (non-hydrogen) atoms. The van der Waals surface area contributed by atoms with Gasteiger partial charge in [0.05, 0.1) is 25.9 Å². The maximum atomic E-state index is 13.2. The average Bonchev–Trinajstić information content (AvgIpc) is 3.49. The van der Waals surface area contributed by atoms with Crippen LogP contribution in [0.1, 0.15) is 12.8 Å². The number of anilines is 2. The summed E-state index contributed by atoms with van der Waals surface area (Å²) in [4.78, 5) is 40.7. The molecule has 0 unspecified atom stereocenters. The van der Waals surface area contributed by atoms with Crippen molar-refractivity contribution in [2.24, 2.45) is 0 Å². The monoisotopic (exact) mass is 517 g/mol. The summed E-state index contributed by atoms with van der Waals surface area (Å²) in [7, 11) is 3.41. The van der Waals surface area contributed by atoms with Crippen molar-refractivity contribution in [2.45, 2.75) is 12.8 Å². The number of carbonyl (C=O) groups excluding carboxylic acids is 2. The van der Waals surface area contributed by atoms with Gasteiger partial charge in [-0.25, -0.2) is 9.97 Å². The number of fused-ring (bicyclic) bond motifs is 1. The standard InChI is InChI=1S/C28H35N7O3/c1-29-28-30-8-7-24(32-28)21-15-20-5-6-22(38-2)17-23(20)25(16-21)31-26(36)18-33-11-13-34(14-12-33)19-27(37)35-9-3-4-10-35/h5-8,15-17H,3-4,9-14,18-19H2,1-2H3,(H,31,36)(H,29,30,32). The molecule has 2 aliphatic heterocycles. The molecule has 2 aliphatic rings. The molecular weight excluding hydrogens is 482 g/mol. The SMILES string of the molecule is CNc1nccc(-c2cc(NC(=O)CN3CCN(CC(=O)N4CCCC4)CC3)c3cc(OC)ccc3c2)n1. The lowest BCUT2D eigenvalue weighted by atomic mass is 10.0. The first-order valence-corrected chi connectivity index (χ1v) is 13.2. The number of hydrogen-bond acceptors (Lipinski definition) is 8. The number of methoxy groups -OCH3 is 1. The van der Waals surface area contributed by atoms with Crippen molar-refractivity contribution in [3.8, 4) is 17.0 Å². The average molecular weight is 518 g/mol. The van der Waals surface area contributed by atoms with E-state index in [2.05, 4.69) is 36.5 Å². The Kier molecular flexibility index (Phi) is 8.00. The number of ether oxygens (including phenoxy) is 1. The second-order valence-electron chi connectivity index (χ2n) is 9.81. The maximum absolute atomic E-state index is 13.2. The molecule has 0 atom stereocenters. The Morgan fingerprint density at radius 1 is 0.947 bits per heavy atom. The van der Waals surface area contributed by atoms with E-state index in [1.54, 1.807) is 20.4 Å². The molecule has 200 valence electrons. The molecule has 3 aromatic rings. The lowest BCUT2D eigenvalue weighted by molar-refractivity contribution is -0.132. The van der Waals surface area contributed by atoms with E-state index >= 15 is 0 Å². The number of nitrogens with zero attached hydrogens (tertiary/aromatic N) is 5. The van der Waals surface area contributed by atoms with E-state index in [0.717, 1.165) is 79.9 Å². The van der Waals surface area contributed by atoms with Gasteiger partial charge in [0.2, 0.25) is 17.8 Å². The Bertz CT molecular complexity index is 1300. The van der Waals surface area contributed by atoms with Gasteiger partial charge >= 0.3 is 0 Å². The molecule has 10 heteroatoms. The number of nitrogens with one attached hydrogen (secondary N) is 2. The minimum atomic E-state index is -0.0773. The van der Waals surface area contributed by atoms with Gasteiger partial charge in [0.25, 0.3) is 0 Å². The summed E-state index contributed by atoms with van der Waals surface area (Å²) in [5.41, 5.74) is 2.35. The Labute approximate surface area is 223 Å². The number of piperazine rings is 1. The van der Waals surface area contributed by atoms with Crippen LogP contribution in [0, 0.1) is 0 Å². The van der Waals surface area contributed by atoms with Crippen LogP contribution in [-0.2, 0) is 9.59 Å². The molecule has 2 amide bonds. The first-order chi connectivity index (χ1) is 18.5. The van der Waals surface area contributed by atoms with Crippen LogP contribution < -0.4 is 15.4 Å². The third kappa shape index (κ3) is 6.03. The summed E-state index contributed by atoms with van der Waals surface area (Å²) >= 11 is 0. The molecule has 2 saturated heterocycles. The Morgan fingerprint density at radius 3 is 2.39 bits per heavy atom. The Morgan fingerprint density at radius 2 is 1.68 bits per heavy atom. The number of carbonyl (C=O) groups is 2. The first-order valence-electron chi connectivity index (χ1n) is 13.2. The molecule has 0 saturated carbocycles. The van der Waals surface area contributed by atoms with E-state index in [-0.39, 0.29) is 11.8 Å². The summed E-state index contributed by atoms with van der Waals surface area (Å²) < 4.78 is 5.44. The van der Waals surface area contributed by atoms with Crippen LogP contribution in [0.3, 0.4) is 0 Å². The van der Waals surface area contributed by atoms with Crippen LogP contribution >= 0.6 is 0 Å². The van der Waals surface area contributed by atoms with Crippen LogP contribution in [0.15, 0.2) is 42.6 Å². The van der Waals surface area contributed by atoms with E-state index in [4.69, 9.17) is 4.74 Å². The normalized spacial score (nSPS) is 16.5. The van der Waals surface area contributed by atoms with Crippen LogP contribution in [0.4, 0.5) is 11.6 Å². The van der Waals surface area contributed by atoms with Gasteiger partial charge in [0.15, 0.2) is 0 Å². The lowest BCUT2D eigenvalue weighted by Crippen LogP contribution is -2.51. The second kappa shape index (κ2) is 11.7. The zero-order valence-corrected chi connectivity index (χ0v) is 22.1. The van der Waals surface area contributed by atoms with E-state index in [1.165, 1.54) is 0 Å². The molecule has 2 aromatic carbocycles. The molecule has 10 nitrogen and oxygen atoms in total. The number of amides is 2. The summed E-state index contributed by atoms with van der Waals surface area (Å²) in [6.07, 6.45) is 3.92. The quantitative estimate of drug-likeness (QED) is 0.470. The fraction of sp³-hybridized carbons (Fsp3) is 0.429. The topological polar surface area (TPSA) is 103 Å². The van der Waals surface area contributed by atoms with Crippen molar-refractivity contribution in [1.82, 2.24) is 24.7 Å². The molecule has 2 N–H and O–H groups in total. The minimum absolute atomic E-state index is 0.0773. The smallest absolute Gasteiger partial charge is 0.238 e. The van der Waals surface area contributed by atoms with E-state index in [1.807, 2.05) is 35.2 Å². The van der Waals surface area contributed by atoms with Crippen LogP contribution in [0.25, 0.3) is 22.0 Å². The zero-order valence-electron chi connectivity index (χ0n) is 22.1. The van der Waals surface area contributed by atoms with Gasteiger partial charge < -0.3 is 20.3 Å². The number of likely N-dealkylation sites (tertiary alicyclic amines) is 1. The van der Waals surface area contributed by atoms with Gasteiger partial charge in [-0.3, -0.25) is 19.4 Å². The van der Waals surface area contributed by atoms with E-state index in [0.29, 0.717) is 24.7 Å². The highest BCUT2D eigenvalue weighted by Gasteiger charge is 2.24. The second-order valence-corrected chi connectivity index (χ2v) is 9.81. The third-order valence-electron chi connectivity index (χ3n) is 7.26. The van der Waals surface area contributed by atoms with Crippen molar-refractivity contribution >= 4 is 34.2 Å². The minimum Gasteiger partial charge on any atom is -0.497 e. The molecule has 3 heterocycles. The van der Waals surface area contributed by atoms with E-state index < -0.39 is 0 Å². The fourth-order valence-electron chi connectivity index (χ4n) is 5.11. The molecule has 5 rings (SSSR count). The highest BCUT2D eigenvalue weighted by Crippen LogP contribution is 2.33. The van der Waals surface area contributed by atoms with Gasteiger partial charge in [-0.1, -0.05) is 6.07 Å². The summed E-state index contributed by atoms with van der Waals surface area (Å²) in [5, 5.41) is 7.97. The molecule has 0 bridgehead atoms.